The predicted octanol–water partition coefficient (Wildman–Crippen LogP) is 2.14. The maximum absolute atomic E-state index is 5.91. The number of nitrogens with two attached hydrogens (primary N) is 1. The molecular weight excluding hydrogens is 172 g/mol. The molecule has 0 saturated heterocycles. The van der Waals surface area contributed by atoms with Gasteiger partial charge in [0.1, 0.15) is 0 Å². The fraction of sp³-hybridized carbons (Fsp3) is 1.00. The minimum Gasteiger partial charge on any atom is -0.329 e. The summed E-state index contributed by atoms with van der Waals surface area (Å²) in [5.74, 6) is 1.62. The lowest BCUT2D eigenvalue weighted by Gasteiger charge is -2.40. The van der Waals surface area contributed by atoms with Gasteiger partial charge in [-0.25, -0.2) is 0 Å². The highest BCUT2D eigenvalue weighted by molar-refractivity contribution is 4.93. The van der Waals surface area contributed by atoms with Gasteiger partial charge in [0.05, 0.1) is 0 Å². The summed E-state index contributed by atoms with van der Waals surface area (Å²) in [4.78, 5) is 0. The Balaban J connectivity index is 2.41. The van der Waals surface area contributed by atoms with E-state index >= 15 is 0 Å². The molecule has 0 aromatic heterocycles. The van der Waals surface area contributed by atoms with Crippen LogP contribution in [0.15, 0.2) is 0 Å². The highest BCUT2D eigenvalue weighted by Crippen LogP contribution is 2.31. The van der Waals surface area contributed by atoms with Gasteiger partial charge < -0.3 is 11.1 Å². The Labute approximate surface area is 88.6 Å². The molecule has 1 rings (SSSR count). The Bertz CT molecular complexity index is 158. The van der Waals surface area contributed by atoms with Gasteiger partial charge in [0, 0.05) is 12.1 Å². The maximum atomic E-state index is 5.91. The summed E-state index contributed by atoms with van der Waals surface area (Å²) in [6.45, 7) is 8.76. The van der Waals surface area contributed by atoms with Crippen molar-refractivity contribution in [2.45, 2.75) is 52.0 Å². The number of hydrogen-bond acceptors (Lipinski definition) is 2. The monoisotopic (exact) mass is 198 g/mol. The van der Waals surface area contributed by atoms with Crippen LogP contribution >= 0.6 is 0 Å². The van der Waals surface area contributed by atoms with Crippen LogP contribution in [0.5, 0.6) is 0 Å². The highest BCUT2D eigenvalue weighted by atomic mass is 15.0. The molecular formula is C12H26N2. The molecule has 2 nitrogen and oxygen atoms in total. The first kappa shape index (κ1) is 12.0. The number of hydrogen-bond donors (Lipinski definition) is 2. The van der Waals surface area contributed by atoms with Crippen LogP contribution in [-0.2, 0) is 0 Å². The van der Waals surface area contributed by atoms with Crippen LogP contribution in [0.2, 0.25) is 0 Å². The first-order valence-electron chi connectivity index (χ1n) is 6.03. The Kier molecular flexibility index (Phi) is 4.39. The lowest BCUT2D eigenvalue weighted by molar-refractivity contribution is 0.196. The standard InChI is InChI=1S/C12H26N2/c1-10(2)8-14-12(9-13)6-4-11(3)5-7-12/h10-11,14H,4-9,13H2,1-3H3. The van der Waals surface area contributed by atoms with Gasteiger partial charge in [-0.2, -0.15) is 0 Å². The van der Waals surface area contributed by atoms with E-state index < -0.39 is 0 Å². The van der Waals surface area contributed by atoms with E-state index in [1.165, 1.54) is 25.7 Å². The molecule has 0 radical (unpaired) electrons. The molecule has 0 atom stereocenters. The van der Waals surface area contributed by atoms with Crippen molar-refractivity contribution >= 4 is 0 Å². The van der Waals surface area contributed by atoms with E-state index in [9.17, 15) is 0 Å². The first-order chi connectivity index (χ1) is 6.58. The van der Waals surface area contributed by atoms with Crippen molar-refractivity contribution in [3.8, 4) is 0 Å². The molecule has 1 fully saturated rings. The summed E-state index contributed by atoms with van der Waals surface area (Å²) in [6, 6.07) is 0. The van der Waals surface area contributed by atoms with Crippen molar-refractivity contribution in [3.05, 3.63) is 0 Å². The van der Waals surface area contributed by atoms with Gasteiger partial charge in [-0.05, 0) is 44.1 Å². The van der Waals surface area contributed by atoms with Gasteiger partial charge in [0.25, 0.3) is 0 Å². The Morgan fingerprint density at radius 1 is 1.36 bits per heavy atom. The topological polar surface area (TPSA) is 38.0 Å². The summed E-state index contributed by atoms with van der Waals surface area (Å²) in [5.41, 5.74) is 6.17. The molecule has 84 valence electrons. The van der Waals surface area contributed by atoms with Crippen molar-refractivity contribution in [2.75, 3.05) is 13.1 Å². The van der Waals surface area contributed by atoms with Crippen LogP contribution in [0.25, 0.3) is 0 Å². The summed E-state index contributed by atoms with van der Waals surface area (Å²) >= 11 is 0. The Morgan fingerprint density at radius 3 is 2.36 bits per heavy atom. The number of nitrogens with one attached hydrogen (secondary N) is 1. The summed E-state index contributed by atoms with van der Waals surface area (Å²) < 4.78 is 0. The molecule has 0 spiro atoms. The number of rotatable bonds is 4. The third-order valence-corrected chi connectivity index (χ3v) is 3.51. The Morgan fingerprint density at radius 2 is 1.93 bits per heavy atom. The quantitative estimate of drug-likeness (QED) is 0.726. The summed E-state index contributed by atoms with van der Waals surface area (Å²) in [7, 11) is 0. The minimum atomic E-state index is 0.261. The average molecular weight is 198 g/mol. The van der Waals surface area contributed by atoms with Crippen LogP contribution in [-0.4, -0.2) is 18.6 Å². The van der Waals surface area contributed by atoms with Gasteiger partial charge in [-0.15, -0.1) is 0 Å². The zero-order valence-corrected chi connectivity index (χ0v) is 9.97. The fourth-order valence-corrected chi connectivity index (χ4v) is 2.19. The molecule has 0 unspecified atom stereocenters. The second-order valence-electron chi connectivity index (χ2n) is 5.44. The molecule has 0 aromatic rings. The third-order valence-electron chi connectivity index (χ3n) is 3.51. The third kappa shape index (κ3) is 3.25. The van der Waals surface area contributed by atoms with Crippen LogP contribution < -0.4 is 11.1 Å². The zero-order valence-electron chi connectivity index (χ0n) is 9.97. The van der Waals surface area contributed by atoms with Crippen LogP contribution in [0, 0.1) is 11.8 Å². The molecule has 1 aliphatic carbocycles. The second-order valence-corrected chi connectivity index (χ2v) is 5.44. The van der Waals surface area contributed by atoms with Crippen molar-refractivity contribution in [2.24, 2.45) is 17.6 Å². The van der Waals surface area contributed by atoms with Crippen molar-refractivity contribution in [1.29, 1.82) is 0 Å². The lowest BCUT2D eigenvalue weighted by atomic mass is 9.77. The predicted molar refractivity (Wildman–Crippen MR) is 62.3 cm³/mol. The van der Waals surface area contributed by atoms with Gasteiger partial charge in [-0.1, -0.05) is 20.8 Å². The Hall–Kier alpha value is -0.0800. The van der Waals surface area contributed by atoms with E-state index in [1.807, 2.05) is 0 Å². The van der Waals surface area contributed by atoms with Crippen molar-refractivity contribution in [1.82, 2.24) is 5.32 Å². The van der Waals surface area contributed by atoms with E-state index in [4.69, 9.17) is 5.73 Å². The van der Waals surface area contributed by atoms with E-state index in [0.29, 0.717) is 0 Å². The van der Waals surface area contributed by atoms with E-state index in [2.05, 4.69) is 26.1 Å². The molecule has 0 bridgehead atoms. The van der Waals surface area contributed by atoms with Gasteiger partial charge >= 0.3 is 0 Å². The molecule has 0 aromatic carbocycles. The molecule has 0 heterocycles. The lowest BCUT2D eigenvalue weighted by Crippen LogP contribution is -2.54. The molecule has 3 N–H and O–H groups in total. The summed E-state index contributed by atoms with van der Waals surface area (Å²) in [5, 5.41) is 3.68. The van der Waals surface area contributed by atoms with E-state index in [-0.39, 0.29) is 5.54 Å². The van der Waals surface area contributed by atoms with Crippen molar-refractivity contribution < 1.29 is 0 Å². The van der Waals surface area contributed by atoms with E-state index in [1.54, 1.807) is 0 Å². The highest BCUT2D eigenvalue weighted by Gasteiger charge is 2.32. The normalized spacial score (nSPS) is 33.6. The molecule has 2 heteroatoms. The summed E-state index contributed by atoms with van der Waals surface area (Å²) in [6.07, 6.45) is 5.19. The van der Waals surface area contributed by atoms with Crippen LogP contribution in [0.4, 0.5) is 0 Å². The van der Waals surface area contributed by atoms with E-state index in [0.717, 1.165) is 24.9 Å². The minimum absolute atomic E-state index is 0.261. The van der Waals surface area contributed by atoms with Gasteiger partial charge in [0.15, 0.2) is 0 Å². The fourth-order valence-electron chi connectivity index (χ4n) is 2.19. The SMILES string of the molecule is CC(C)CNC1(CN)CCC(C)CC1. The van der Waals surface area contributed by atoms with Gasteiger partial charge in [0.2, 0.25) is 0 Å². The molecule has 0 aliphatic heterocycles. The van der Waals surface area contributed by atoms with Crippen LogP contribution in [0.3, 0.4) is 0 Å². The largest absolute Gasteiger partial charge is 0.329 e. The van der Waals surface area contributed by atoms with Gasteiger partial charge in [-0.3, -0.25) is 0 Å². The molecule has 1 aliphatic rings. The van der Waals surface area contributed by atoms with Crippen LogP contribution in [0.1, 0.15) is 46.5 Å². The van der Waals surface area contributed by atoms with Crippen molar-refractivity contribution in [3.63, 3.8) is 0 Å². The molecule has 0 amide bonds. The second kappa shape index (κ2) is 5.13. The maximum Gasteiger partial charge on any atom is 0.0304 e. The average Bonchev–Trinajstić information content (AvgIpc) is 2.18. The molecule has 14 heavy (non-hydrogen) atoms. The molecule has 1 saturated carbocycles. The first-order valence-corrected chi connectivity index (χ1v) is 6.03. The zero-order chi connectivity index (χ0) is 10.6. The smallest absolute Gasteiger partial charge is 0.0304 e.